The first-order chi connectivity index (χ1) is 13.7. The molecule has 0 bridgehead atoms. The zero-order valence-corrected chi connectivity index (χ0v) is 17.0. The van der Waals surface area contributed by atoms with Gasteiger partial charge in [0.15, 0.2) is 0 Å². The van der Waals surface area contributed by atoms with Gasteiger partial charge in [-0.3, -0.25) is 14.4 Å². The molecule has 8 nitrogen and oxygen atoms in total. The number of nitrogens with zero attached hydrogens (tertiary/aromatic N) is 2. The van der Waals surface area contributed by atoms with Crippen molar-refractivity contribution in [3.05, 3.63) is 24.3 Å². The van der Waals surface area contributed by atoms with Gasteiger partial charge in [0, 0.05) is 25.2 Å². The Kier molecular flexibility index (Phi) is 4.82. The molecule has 0 aromatic rings. The predicted molar refractivity (Wildman–Crippen MR) is 102 cm³/mol. The molecule has 0 aliphatic carbocycles. The van der Waals surface area contributed by atoms with E-state index in [1.807, 2.05) is 26.8 Å². The van der Waals surface area contributed by atoms with E-state index in [4.69, 9.17) is 9.47 Å². The van der Waals surface area contributed by atoms with Crippen LogP contribution >= 0.6 is 0 Å². The number of rotatable bonds is 3. The van der Waals surface area contributed by atoms with Crippen molar-refractivity contribution in [2.24, 2.45) is 11.8 Å². The average Bonchev–Trinajstić information content (AvgIpc) is 2.93. The molecule has 1 N–H and O–H groups in total. The fraction of sp³-hybridized carbons (Fsp3) is 0.667. The lowest BCUT2D eigenvalue weighted by Crippen LogP contribution is -2.58. The summed E-state index contributed by atoms with van der Waals surface area (Å²) >= 11 is 0. The summed E-state index contributed by atoms with van der Waals surface area (Å²) in [7, 11) is 0. The van der Waals surface area contributed by atoms with E-state index in [2.05, 4.69) is 0 Å². The van der Waals surface area contributed by atoms with E-state index in [-0.39, 0.29) is 31.6 Å². The summed E-state index contributed by atoms with van der Waals surface area (Å²) in [5.41, 5.74) is -1.67. The van der Waals surface area contributed by atoms with Crippen LogP contribution in [-0.4, -0.2) is 82.3 Å². The van der Waals surface area contributed by atoms with Crippen molar-refractivity contribution in [3.63, 3.8) is 0 Å². The lowest BCUT2D eigenvalue weighted by Gasteiger charge is -2.40. The fourth-order valence-electron chi connectivity index (χ4n) is 5.05. The van der Waals surface area contributed by atoms with Crippen LogP contribution in [0.4, 0.5) is 0 Å². The molecule has 158 valence electrons. The molecule has 4 aliphatic rings. The Balaban J connectivity index is 1.83. The molecule has 0 radical (unpaired) electrons. The van der Waals surface area contributed by atoms with Gasteiger partial charge in [-0.1, -0.05) is 18.2 Å². The molecule has 8 heteroatoms. The van der Waals surface area contributed by atoms with E-state index in [0.717, 1.165) is 0 Å². The third-order valence-electron chi connectivity index (χ3n) is 6.28. The lowest BCUT2D eigenvalue weighted by molar-refractivity contribution is -0.154. The quantitative estimate of drug-likeness (QED) is 0.535. The molecule has 4 rings (SSSR count). The summed E-state index contributed by atoms with van der Waals surface area (Å²) in [4.78, 5) is 43.1. The summed E-state index contributed by atoms with van der Waals surface area (Å²) in [5, 5.41) is 9.32. The van der Waals surface area contributed by atoms with Crippen molar-refractivity contribution in [3.8, 4) is 0 Å². The highest BCUT2D eigenvalue weighted by Crippen LogP contribution is 2.53. The standard InChI is InChI=1S/C21H28N2O6/c1-20(2,3)23-10-5-8-21-15(14-13(29-21)7-4-12-28-19(14)27)17(25)22(9-6-11-24)16(21)18(23)26/h4-5,7-8,13-16,24H,6,9-12H2,1-3H3/t13-,14+,15+,16-,21?/m1/s1. The van der Waals surface area contributed by atoms with Gasteiger partial charge < -0.3 is 24.4 Å². The van der Waals surface area contributed by atoms with Gasteiger partial charge in [-0.05, 0) is 33.3 Å². The van der Waals surface area contributed by atoms with Gasteiger partial charge in [0.05, 0.1) is 12.0 Å². The number of likely N-dealkylation sites (tertiary alicyclic amines) is 1. The number of hydrogen-bond acceptors (Lipinski definition) is 6. The second-order valence-corrected chi connectivity index (χ2v) is 9.03. The Labute approximate surface area is 170 Å². The molecule has 0 saturated carbocycles. The summed E-state index contributed by atoms with van der Waals surface area (Å²) < 4.78 is 11.6. The van der Waals surface area contributed by atoms with Crippen LogP contribution in [0.1, 0.15) is 27.2 Å². The molecule has 2 amide bonds. The number of ether oxygens (including phenoxy) is 2. The monoisotopic (exact) mass is 404 g/mol. The van der Waals surface area contributed by atoms with E-state index < -0.39 is 41.1 Å². The van der Waals surface area contributed by atoms with Crippen LogP contribution in [0.3, 0.4) is 0 Å². The van der Waals surface area contributed by atoms with Gasteiger partial charge in [0.25, 0.3) is 0 Å². The van der Waals surface area contributed by atoms with Gasteiger partial charge >= 0.3 is 5.97 Å². The van der Waals surface area contributed by atoms with Crippen molar-refractivity contribution >= 4 is 17.8 Å². The number of aliphatic hydroxyl groups is 1. The van der Waals surface area contributed by atoms with Crippen LogP contribution in [0.5, 0.6) is 0 Å². The lowest BCUT2D eigenvalue weighted by atomic mass is 9.78. The number of carbonyl (C=O) groups excluding carboxylic acids is 3. The predicted octanol–water partition coefficient (Wildman–Crippen LogP) is 0.260. The Morgan fingerprint density at radius 2 is 1.97 bits per heavy atom. The molecule has 0 aromatic heterocycles. The molecule has 5 atom stereocenters. The summed E-state index contributed by atoms with van der Waals surface area (Å²) in [6.07, 6.45) is 6.87. The molecule has 4 aliphatic heterocycles. The van der Waals surface area contributed by atoms with Crippen molar-refractivity contribution < 1.29 is 29.0 Å². The molecule has 1 unspecified atom stereocenters. The zero-order chi connectivity index (χ0) is 21.0. The van der Waals surface area contributed by atoms with Crippen LogP contribution in [0.25, 0.3) is 0 Å². The van der Waals surface area contributed by atoms with E-state index >= 15 is 0 Å². The maximum atomic E-state index is 13.7. The van der Waals surface area contributed by atoms with Gasteiger partial charge in [-0.25, -0.2) is 0 Å². The van der Waals surface area contributed by atoms with Crippen molar-refractivity contribution in [2.45, 2.75) is 50.5 Å². The first kappa shape index (κ1) is 20.1. The van der Waals surface area contributed by atoms with Gasteiger partial charge in [-0.2, -0.15) is 0 Å². The molecule has 4 heterocycles. The Bertz CT molecular complexity index is 785. The summed E-state index contributed by atoms with van der Waals surface area (Å²) in [6.45, 7) is 6.51. The summed E-state index contributed by atoms with van der Waals surface area (Å²) in [5.74, 6) is -2.59. The highest BCUT2D eigenvalue weighted by molar-refractivity contribution is 5.99. The minimum absolute atomic E-state index is 0.0983. The minimum atomic E-state index is -1.22. The number of cyclic esters (lactones) is 1. The fourth-order valence-corrected chi connectivity index (χ4v) is 5.05. The van der Waals surface area contributed by atoms with Crippen molar-refractivity contribution in [1.82, 2.24) is 9.80 Å². The molecule has 0 aromatic carbocycles. The van der Waals surface area contributed by atoms with Crippen molar-refractivity contribution in [2.75, 3.05) is 26.3 Å². The average molecular weight is 404 g/mol. The zero-order valence-electron chi connectivity index (χ0n) is 17.0. The van der Waals surface area contributed by atoms with Crippen LogP contribution in [0.2, 0.25) is 0 Å². The van der Waals surface area contributed by atoms with Crippen molar-refractivity contribution in [1.29, 1.82) is 0 Å². The molecule has 29 heavy (non-hydrogen) atoms. The maximum Gasteiger partial charge on any atom is 0.313 e. The topological polar surface area (TPSA) is 96.4 Å². The van der Waals surface area contributed by atoms with E-state index in [0.29, 0.717) is 13.0 Å². The first-order valence-electron chi connectivity index (χ1n) is 10.1. The molecule has 1 spiro atoms. The Hall–Kier alpha value is -2.19. The van der Waals surface area contributed by atoms with E-state index in [9.17, 15) is 19.5 Å². The molecule has 2 saturated heterocycles. The molecule has 2 fully saturated rings. The first-order valence-corrected chi connectivity index (χ1v) is 10.1. The van der Waals surface area contributed by atoms with E-state index in [1.165, 1.54) is 4.90 Å². The minimum Gasteiger partial charge on any atom is -0.461 e. The van der Waals surface area contributed by atoms with Crippen LogP contribution in [0.15, 0.2) is 24.3 Å². The number of aliphatic hydroxyl groups excluding tert-OH is 1. The number of esters is 1. The van der Waals surface area contributed by atoms with Crippen LogP contribution in [0, 0.1) is 11.8 Å². The Morgan fingerprint density at radius 1 is 1.21 bits per heavy atom. The highest BCUT2D eigenvalue weighted by Gasteiger charge is 2.72. The van der Waals surface area contributed by atoms with Crippen LogP contribution < -0.4 is 0 Å². The second-order valence-electron chi connectivity index (χ2n) is 9.03. The smallest absolute Gasteiger partial charge is 0.313 e. The third kappa shape index (κ3) is 2.92. The largest absolute Gasteiger partial charge is 0.461 e. The van der Waals surface area contributed by atoms with E-state index in [1.54, 1.807) is 23.1 Å². The molecular formula is C21H28N2O6. The normalized spacial score (nSPS) is 36.5. The third-order valence-corrected chi connectivity index (χ3v) is 6.28. The number of hydrogen-bond donors (Lipinski definition) is 1. The van der Waals surface area contributed by atoms with Gasteiger partial charge in [0.1, 0.15) is 24.2 Å². The number of amides is 2. The highest BCUT2D eigenvalue weighted by atomic mass is 16.6. The van der Waals surface area contributed by atoms with Gasteiger partial charge in [0.2, 0.25) is 11.8 Å². The second kappa shape index (κ2) is 6.95. The SMILES string of the molecule is CC(C)(C)N1CC=CC23O[C@@H]4C=CCOC(=O)[C@@H]4[C@H]2C(=O)N(CCCO)[C@@H]3C1=O. The summed E-state index contributed by atoms with van der Waals surface area (Å²) in [6, 6.07) is -0.877. The van der Waals surface area contributed by atoms with Crippen LogP contribution in [-0.2, 0) is 23.9 Å². The maximum absolute atomic E-state index is 13.7. The van der Waals surface area contributed by atoms with Gasteiger partial charge in [-0.15, -0.1) is 0 Å². The molecular weight excluding hydrogens is 376 g/mol. The number of fused-ring (bicyclic) bond motifs is 2. The Morgan fingerprint density at radius 3 is 2.66 bits per heavy atom. The number of carbonyl (C=O) groups is 3.